The topological polar surface area (TPSA) is 86.6 Å². The van der Waals surface area contributed by atoms with E-state index in [1.165, 1.54) is 0 Å². The zero-order chi connectivity index (χ0) is 18.3. The molecule has 1 rings (SSSR count). The van der Waals surface area contributed by atoms with Gasteiger partial charge in [-0.2, -0.15) is 0 Å². The molecular formula is C15H21NO4. The summed E-state index contributed by atoms with van der Waals surface area (Å²) >= 11 is 0. The Bertz CT molecular complexity index is 593. The van der Waals surface area contributed by atoms with Gasteiger partial charge in [-0.3, -0.25) is 9.59 Å². The van der Waals surface area contributed by atoms with Gasteiger partial charge in [-0.05, 0) is 24.9 Å². The highest BCUT2D eigenvalue weighted by Gasteiger charge is 2.08. The number of phenolic OH excluding ortho intramolecular Hbond substituents is 1. The summed E-state index contributed by atoms with van der Waals surface area (Å²) in [4.78, 5) is 22.4. The van der Waals surface area contributed by atoms with Crippen LogP contribution in [0.1, 0.15) is 54.4 Å². The molecule has 0 fully saturated rings. The Kier molecular flexibility index (Phi) is 4.80. The molecule has 1 aromatic carbocycles. The average molecular weight is 283 g/mol. The second-order valence-electron chi connectivity index (χ2n) is 4.39. The van der Waals surface area contributed by atoms with Gasteiger partial charge in [0.25, 0.3) is 5.91 Å². The van der Waals surface area contributed by atoms with Crippen molar-refractivity contribution in [1.29, 1.82) is 0 Å². The fraction of sp³-hybridized carbons (Fsp3) is 0.467. The number of carboxylic acid groups (broad SMARTS) is 1. The zero-order valence-electron chi connectivity index (χ0n) is 15.2. The van der Waals surface area contributed by atoms with Crippen LogP contribution in [0, 0.1) is 0 Å². The Balaban J connectivity index is 2.46. The number of hydrogen-bond acceptors (Lipinski definition) is 3. The summed E-state index contributed by atoms with van der Waals surface area (Å²) in [7, 11) is 0. The van der Waals surface area contributed by atoms with E-state index in [2.05, 4.69) is 5.32 Å². The van der Waals surface area contributed by atoms with E-state index in [1.807, 2.05) is 0 Å². The number of phenols is 1. The van der Waals surface area contributed by atoms with Gasteiger partial charge < -0.3 is 15.5 Å². The van der Waals surface area contributed by atoms with Gasteiger partial charge in [-0.1, -0.05) is 31.3 Å². The summed E-state index contributed by atoms with van der Waals surface area (Å²) in [6, 6.07) is -2.36. The second kappa shape index (κ2) is 8.96. The van der Waals surface area contributed by atoms with Crippen molar-refractivity contribution in [2.75, 3.05) is 6.54 Å². The van der Waals surface area contributed by atoms with Crippen molar-refractivity contribution >= 4 is 11.9 Å². The van der Waals surface area contributed by atoms with Crippen LogP contribution in [0.2, 0.25) is 0 Å². The molecule has 0 aliphatic heterocycles. The molecule has 0 bridgehead atoms. The standard InChI is InChI=1S/C15H21NO4/c17-13-9-6-5-8-12(13)15(20)16-11-7-3-1-2-4-10-14(18)19/h5-6,8-9,17H,1-4,7,10-11H2,(H,16,20)(H,18,19)/i5D,6D,8D,9D. The van der Waals surface area contributed by atoms with Gasteiger partial charge in [0.1, 0.15) is 5.75 Å². The number of nitrogens with one attached hydrogen (secondary N) is 1. The van der Waals surface area contributed by atoms with Crippen LogP contribution in [0.15, 0.2) is 24.2 Å². The highest BCUT2D eigenvalue weighted by Crippen LogP contribution is 2.15. The average Bonchev–Trinajstić information content (AvgIpc) is 2.53. The first-order chi connectivity index (χ1) is 11.3. The van der Waals surface area contributed by atoms with Crippen molar-refractivity contribution in [3.63, 3.8) is 0 Å². The first-order valence-electron chi connectivity index (χ1n) is 8.56. The van der Waals surface area contributed by atoms with Crippen molar-refractivity contribution in [3.05, 3.63) is 29.7 Å². The molecule has 0 atom stereocenters. The number of carbonyl (C=O) groups excluding carboxylic acids is 1. The van der Waals surface area contributed by atoms with Crippen molar-refractivity contribution in [1.82, 2.24) is 5.32 Å². The van der Waals surface area contributed by atoms with Gasteiger partial charge in [0.05, 0.1) is 11.0 Å². The number of rotatable bonds is 9. The Labute approximate surface area is 124 Å². The third-order valence-corrected chi connectivity index (χ3v) is 2.75. The highest BCUT2D eigenvalue weighted by molar-refractivity contribution is 5.96. The number of unbranched alkanes of at least 4 members (excludes halogenated alkanes) is 4. The summed E-state index contributed by atoms with van der Waals surface area (Å²) in [6.07, 6.45) is 3.88. The predicted molar refractivity (Wildman–Crippen MR) is 75.8 cm³/mol. The molecule has 110 valence electrons. The van der Waals surface area contributed by atoms with E-state index in [0.717, 1.165) is 19.3 Å². The van der Waals surface area contributed by atoms with Crippen LogP contribution in [-0.4, -0.2) is 28.6 Å². The first-order valence-corrected chi connectivity index (χ1v) is 6.56. The van der Waals surface area contributed by atoms with E-state index in [-0.39, 0.29) is 6.42 Å². The molecule has 0 aliphatic rings. The van der Waals surface area contributed by atoms with Crippen LogP contribution in [0.3, 0.4) is 0 Å². The predicted octanol–water partition coefficient (Wildman–Crippen LogP) is 2.55. The van der Waals surface area contributed by atoms with Crippen LogP contribution in [0.25, 0.3) is 0 Å². The summed E-state index contributed by atoms with van der Waals surface area (Å²) < 4.78 is 30.1. The summed E-state index contributed by atoms with van der Waals surface area (Å²) in [5.74, 6) is -2.31. The van der Waals surface area contributed by atoms with Crippen LogP contribution in [0.4, 0.5) is 0 Å². The number of carboxylic acids is 1. The lowest BCUT2D eigenvalue weighted by Crippen LogP contribution is -2.24. The van der Waals surface area contributed by atoms with Gasteiger partial charge >= 0.3 is 5.97 Å². The lowest BCUT2D eigenvalue weighted by Gasteiger charge is -2.06. The quantitative estimate of drug-likeness (QED) is 0.608. The first kappa shape index (κ1) is 10.7. The van der Waals surface area contributed by atoms with Gasteiger partial charge in [0.2, 0.25) is 0 Å². The largest absolute Gasteiger partial charge is 0.507 e. The maximum atomic E-state index is 12.0. The van der Waals surface area contributed by atoms with Crippen LogP contribution in [-0.2, 0) is 4.79 Å². The minimum Gasteiger partial charge on any atom is -0.507 e. The molecule has 0 aromatic heterocycles. The molecular weight excluding hydrogens is 258 g/mol. The van der Waals surface area contributed by atoms with Gasteiger partial charge in [-0.15, -0.1) is 0 Å². The smallest absolute Gasteiger partial charge is 0.303 e. The number of carbonyl (C=O) groups is 2. The zero-order valence-corrected chi connectivity index (χ0v) is 11.2. The molecule has 0 unspecified atom stereocenters. The van der Waals surface area contributed by atoms with Crippen molar-refractivity contribution in [2.45, 2.75) is 38.5 Å². The van der Waals surface area contributed by atoms with Gasteiger partial charge in [0, 0.05) is 13.0 Å². The Morgan fingerprint density at radius 1 is 1.10 bits per heavy atom. The molecule has 20 heavy (non-hydrogen) atoms. The normalized spacial score (nSPS) is 13.0. The number of para-hydroxylation sites is 1. The highest BCUT2D eigenvalue weighted by atomic mass is 16.4. The summed E-state index contributed by atoms with van der Waals surface area (Å²) in [6.45, 7) is 0.305. The Morgan fingerprint density at radius 3 is 2.50 bits per heavy atom. The summed E-state index contributed by atoms with van der Waals surface area (Å²) in [5, 5.41) is 20.8. The molecule has 3 N–H and O–H groups in total. The number of amides is 1. The van der Waals surface area contributed by atoms with Gasteiger partial charge in [0.15, 0.2) is 0 Å². The minimum atomic E-state index is -0.811. The van der Waals surface area contributed by atoms with E-state index in [0.29, 0.717) is 19.4 Å². The van der Waals surface area contributed by atoms with Crippen LogP contribution < -0.4 is 5.32 Å². The van der Waals surface area contributed by atoms with E-state index >= 15 is 0 Å². The van der Waals surface area contributed by atoms with Crippen molar-refractivity contribution < 1.29 is 25.3 Å². The lowest BCUT2D eigenvalue weighted by atomic mass is 10.1. The molecule has 0 radical (unpaired) electrons. The fourth-order valence-corrected chi connectivity index (χ4v) is 1.69. The molecule has 5 nitrogen and oxygen atoms in total. The molecule has 5 heteroatoms. The molecule has 0 saturated heterocycles. The fourth-order valence-electron chi connectivity index (χ4n) is 1.69. The van der Waals surface area contributed by atoms with E-state index < -0.39 is 47.4 Å². The Hall–Kier alpha value is -2.04. The van der Waals surface area contributed by atoms with Crippen LogP contribution in [0.5, 0.6) is 5.75 Å². The molecule has 0 heterocycles. The molecule has 0 aliphatic carbocycles. The van der Waals surface area contributed by atoms with E-state index in [1.54, 1.807) is 0 Å². The third-order valence-electron chi connectivity index (χ3n) is 2.75. The van der Waals surface area contributed by atoms with Crippen LogP contribution >= 0.6 is 0 Å². The maximum absolute atomic E-state index is 12.0. The Morgan fingerprint density at radius 2 is 1.75 bits per heavy atom. The lowest BCUT2D eigenvalue weighted by molar-refractivity contribution is -0.137. The number of benzene rings is 1. The van der Waals surface area contributed by atoms with E-state index in [4.69, 9.17) is 10.6 Å². The third kappa shape index (κ3) is 6.22. The minimum absolute atomic E-state index is 0.152. The SMILES string of the molecule is [2H]c1c([2H])c([2H])c(C(=O)NCCCCCCCC(=O)O)c(O)c1[2H]. The molecule has 1 amide bonds. The van der Waals surface area contributed by atoms with Gasteiger partial charge in [-0.25, -0.2) is 0 Å². The molecule has 0 saturated carbocycles. The second-order valence-corrected chi connectivity index (χ2v) is 4.39. The van der Waals surface area contributed by atoms with Crippen molar-refractivity contribution in [3.8, 4) is 5.75 Å². The molecule has 1 aromatic rings. The van der Waals surface area contributed by atoms with Crippen molar-refractivity contribution in [2.24, 2.45) is 0 Å². The number of aliphatic carboxylic acids is 1. The number of aromatic hydroxyl groups is 1. The monoisotopic (exact) mass is 283 g/mol. The van der Waals surface area contributed by atoms with E-state index in [9.17, 15) is 14.7 Å². The molecule has 0 spiro atoms. The summed E-state index contributed by atoms with van der Waals surface area (Å²) in [5.41, 5.74) is -0.456. The maximum Gasteiger partial charge on any atom is 0.303 e. The number of hydrogen-bond donors (Lipinski definition) is 3.